The first-order chi connectivity index (χ1) is 10.8. The molecule has 4 nitrogen and oxygen atoms in total. The predicted octanol–water partition coefficient (Wildman–Crippen LogP) is 3.01. The van der Waals surface area contributed by atoms with E-state index in [0.29, 0.717) is 11.3 Å². The van der Waals surface area contributed by atoms with E-state index in [1.807, 2.05) is 0 Å². The molecule has 23 heavy (non-hydrogen) atoms. The van der Waals surface area contributed by atoms with Crippen LogP contribution in [0.4, 0.5) is 13.2 Å². The molecule has 3 aromatic rings. The van der Waals surface area contributed by atoms with Crippen LogP contribution >= 0.6 is 0 Å². The number of aromatic amines is 1. The topological polar surface area (TPSA) is 54.9 Å². The molecule has 0 bridgehead atoms. The standard InChI is InChI=1S/C16H11F3N2O2/c1-9-4-2-3-5-12(9)21-13-8-10(16(17,18)19)6-7-11(13)14(22)20-15(21)23/h2-8H,1H3,(H,20,22,23). The van der Waals surface area contributed by atoms with Gasteiger partial charge < -0.3 is 0 Å². The summed E-state index contributed by atoms with van der Waals surface area (Å²) in [4.78, 5) is 26.2. The van der Waals surface area contributed by atoms with Gasteiger partial charge in [0.2, 0.25) is 0 Å². The Morgan fingerprint density at radius 1 is 1.04 bits per heavy atom. The van der Waals surface area contributed by atoms with Gasteiger partial charge in [-0.25, -0.2) is 4.79 Å². The first kappa shape index (κ1) is 15.1. The highest BCUT2D eigenvalue weighted by Crippen LogP contribution is 2.31. The van der Waals surface area contributed by atoms with Crippen molar-refractivity contribution in [3.63, 3.8) is 0 Å². The average Bonchev–Trinajstić information content (AvgIpc) is 2.47. The van der Waals surface area contributed by atoms with Crippen LogP contribution in [0.15, 0.2) is 52.1 Å². The summed E-state index contributed by atoms with van der Waals surface area (Å²) in [5, 5.41) is 0.0147. The minimum absolute atomic E-state index is 0.0147. The van der Waals surface area contributed by atoms with Gasteiger partial charge in [0.1, 0.15) is 0 Å². The molecule has 118 valence electrons. The predicted molar refractivity (Wildman–Crippen MR) is 79.9 cm³/mol. The zero-order valence-corrected chi connectivity index (χ0v) is 11.9. The Morgan fingerprint density at radius 2 is 1.74 bits per heavy atom. The van der Waals surface area contributed by atoms with Crippen molar-refractivity contribution in [2.75, 3.05) is 0 Å². The minimum Gasteiger partial charge on any atom is -0.273 e. The zero-order valence-electron chi connectivity index (χ0n) is 11.9. The van der Waals surface area contributed by atoms with E-state index >= 15 is 0 Å². The molecular weight excluding hydrogens is 309 g/mol. The number of H-pyrrole nitrogens is 1. The molecule has 7 heteroatoms. The van der Waals surface area contributed by atoms with E-state index in [9.17, 15) is 22.8 Å². The fourth-order valence-corrected chi connectivity index (χ4v) is 2.47. The van der Waals surface area contributed by atoms with Gasteiger partial charge >= 0.3 is 11.9 Å². The Labute approximate surface area is 127 Å². The maximum atomic E-state index is 13.0. The van der Waals surface area contributed by atoms with Crippen LogP contribution in [0.3, 0.4) is 0 Å². The molecule has 0 saturated carbocycles. The van der Waals surface area contributed by atoms with Gasteiger partial charge in [-0.05, 0) is 36.8 Å². The highest BCUT2D eigenvalue weighted by Gasteiger charge is 2.31. The number of para-hydroxylation sites is 1. The summed E-state index contributed by atoms with van der Waals surface area (Å²) < 4.78 is 40.0. The molecule has 0 radical (unpaired) electrons. The Kier molecular flexibility index (Phi) is 3.35. The quantitative estimate of drug-likeness (QED) is 0.749. The second kappa shape index (κ2) is 5.12. The molecule has 1 heterocycles. The summed E-state index contributed by atoms with van der Waals surface area (Å²) in [5.41, 5.74) is -1.39. The smallest absolute Gasteiger partial charge is 0.273 e. The maximum Gasteiger partial charge on any atom is 0.416 e. The highest BCUT2D eigenvalue weighted by molar-refractivity contribution is 5.80. The molecule has 1 N–H and O–H groups in total. The van der Waals surface area contributed by atoms with Crippen molar-refractivity contribution >= 4 is 10.9 Å². The van der Waals surface area contributed by atoms with Gasteiger partial charge in [0.15, 0.2) is 0 Å². The fourth-order valence-electron chi connectivity index (χ4n) is 2.47. The monoisotopic (exact) mass is 320 g/mol. The van der Waals surface area contributed by atoms with E-state index in [0.717, 1.165) is 22.8 Å². The van der Waals surface area contributed by atoms with Gasteiger partial charge in [0.25, 0.3) is 5.56 Å². The summed E-state index contributed by atoms with van der Waals surface area (Å²) in [7, 11) is 0. The van der Waals surface area contributed by atoms with E-state index in [4.69, 9.17) is 0 Å². The number of halogens is 3. The van der Waals surface area contributed by atoms with Crippen molar-refractivity contribution in [1.29, 1.82) is 0 Å². The lowest BCUT2D eigenvalue weighted by molar-refractivity contribution is -0.137. The average molecular weight is 320 g/mol. The summed E-state index contributed by atoms with van der Waals surface area (Å²) in [6, 6.07) is 9.47. The number of hydrogen-bond donors (Lipinski definition) is 1. The molecule has 0 aliphatic rings. The molecule has 0 spiro atoms. The van der Waals surface area contributed by atoms with Crippen molar-refractivity contribution in [1.82, 2.24) is 9.55 Å². The number of hydrogen-bond acceptors (Lipinski definition) is 2. The normalized spacial score (nSPS) is 11.8. The molecule has 0 aliphatic carbocycles. The molecule has 0 amide bonds. The molecular formula is C16H11F3N2O2. The number of benzene rings is 2. The first-order valence-corrected chi connectivity index (χ1v) is 6.71. The Bertz CT molecular complexity index is 1020. The van der Waals surface area contributed by atoms with Crippen molar-refractivity contribution in [3.05, 3.63) is 74.4 Å². The third-order valence-electron chi connectivity index (χ3n) is 3.59. The summed E-state index contributed by atoms with van der Waals surface area (Å²) in [6.07, 6.45) is -4.57. The number of alkyl halides is 3. The highest BCUT2D eigenvalue weighted by atomic mass is 19.4. The largest absolute Gasteiger partial charge is 0.416 e. The second-order valence-corrected chi connectivity index (χ2v) is 5.11. The fraction of sp³-hybridized carbons (Fsp3) is 0.125. The van der Waals surface area contributed by atoms with Crippen molar-refractivity contribution in [3.8, 4) is 5.69 Å². The zero-order chi connectivity index (χ0) is 16.8. The van der Waals surface area contributed by atoms with Gasteiger partial charge in [-0.2, -0.15) is 13.2 Å². The van der Waals surface area contributed by atoms with Crippen LogP contribution in [0.1, 0.15) is 11.1 Å². The van der Waals surface area contributed by atoms with Gasteiger partial charge in [-0.1, -0.05) is 18.2 Å². The number of nitrogens with zero attached hydrogens (tertiary/aromatic N) is 1. The van der Waals surface area contributed by atoms with E-state index < -0.39 is 23.0 Å². The van der Waals surface area contributed by atoms with Crippen LogP contribution in [-0.2, 0) is 6.18 Å². The van der Waals surface area contributed by atoms with Gasteiger partial charge in [-0.3, -0.25) is 14.3 Å². The van der Waals surface area contributed by atoms with Crippen LogP contribution < -0.4 is 11.2 Å². The van der Waals surface area contributed by atoms with Crippen molar-refractivity contribution in [2.45, 2.75) is 13.1 Å². The summed E-state index contributed by atoms with van der Waals surface area (Å²) in [6.45, 7) is 1.73. The summed E-state index contributed by atoms with van der Waals surface area (Å²) in [5.74, 6) is 0. The Morgan fingerprint density at radius 3 is 2.39 bits per heavy atom. The lowest BCUT2D eigenvalue weighted by Gasteiger charge is -2.14. The van der Waals surface area contributed by atoms with Crippen LogP contribution in [0, 0.1) is 6.92 Å². The molecule has 0 saturated heterocycles. The molecule has 0 aliphatic heterocycles. The maximum absolute atomic E-state index is 13.0. The van der Waals surface area contributed by atoms with E-state index in [1.54, 1.807) is 31.2 Å². The Balaban J connectivity index is 2.48. The third kappa shape index (κ3) is 2.54. The van der Waals surface area contributed by atoms with E-state index in [2.05, 4.69) is 4.98 Å². The van der Waals surface area contributed by atoms with E-state index in [-0.39, 0.29) is 10.9 Å². The number of rotatable bonds is 1. The SMILES string of the molecule is Cc1ccccc1-n1c(=O)[nH]c(=O)c2ccc(C(F)(F)F)cc21. The lowest BCUT2D eigenvalue weighted by atomic mass is 10.1. The number of aromatic nitrogens is 2. The first-order valence-electron chi connectivity index (χ1n) is 6.71. The van der Waals surface area contributed by atoms with Crippen LogP contribution in [-0.4, -0.2) is 9.55 Å². The van der Waals surface area contributed by atoms with Gasteiger partial charge in [0, 0.05) is 0 Å². The molecule has 0 atom stereocenters. The molecule has 2 aromatic carbocycles. The second-order valence-electron chi connectivity index (χ2n) is 5.11. The molecule has 1 aromatic heterocycles. The number of aryl methyl sites for hydroxylation is 1. The third-order valence-corrected chi connectivity index (χ3v) is 3.59. The van der Waals surface area contributed by atoms with Crippen LogP contribution in [0.2, 0.25) is 0 Å². The van der Waals surface area contributed by atoms with Gasteiger partial charge in [0.05, 0.1) is 22.2 Å². The van der Waals surface area contributed by atoms with Crippen molar-refractivity contribution < 1.29 is 13.2 Å². The number of nitrogens with one attached hydrogen (secondary N) is 1. The van der Waals surface area contributed by atoms with E-state index in [1.165, 1.54) is 0 Å². The van der Waals surface area contributed by atoms with Gasteiger partial charge in [-0.15, -0.1) is 0 Å². The number of fused-ring (bicyclic) bond motifs is 1. The molecule has 0 fully saturated rings. The molecule has 3 rings (SSSR count). The van der Waals surface area contributed by atoms with Crippen LogP contribution in [0.5, 0.6) is 0 Å². The molecule has 0 unspecified atom stereocenters. The minimum atomic E-state index is -4.57. The van der Waals surface area contributed by atoms with Crippen LogP contribution in [0.25, 0.3) is 16.6 Å². The van der Waals surface area contributed by atoms with Crippen molar-refractivity contribution in [2.24, 2.45) is 0 Å². The Hall–Kier alpha value is -2.83. The lowest BCUT2D eigenvalue weighted by Crippen LogP contribution is -2.30. The summed E-state index contributed by atoms with van der Waals surface area (Å²) >= 11 is 0.